The van der Waals surface area contributed by atoms with E-state index >= 15 is 0 Å². The molecule has 0 unspecified atom stereocenters. The average molecular weight is 775 g/mol. The van der Waals surface area contributed by atoms with Crippen molar-refractivity contribution in [3.8, 4) is 0 Å². The van der Waals surface area contributed by atoms with Gasteiger partial charge in [-0.2, -0.15) is 0 Å². The summed E-state index contributed by atoms with van der Waals surface area (Å²) in [5.41, 5.74) is 0. The minimum absolute atomic E-state index is 0.999. The SMILES string of the molecule is CCCCCCCCCCCCCCCCCCCCCCCCCCCCOCCCCCCCCCCCCCCCCCCCCCCCCCC. The van der Waals surface area contributed by atoms with Gasteiger partial charge in [0, 0.05) is 13.2 Å². The fourth-order valence-electron chi connectivity index (χ4n) is 8.79. The van der Waals surface area contributed by atoms with Crippen LogP contribution in [0.2, 0.25) is 0 Å². The van der Waals surface area contributed by atoms with Gasteiger partial charge in [0.2, 0.25) is 0 Å². The second kappa shape index (κ2) is 54.0. The van der Waals surface area contributed by atoms with Crippen LogP contribution in [-0.4, -0.2) is 13.2 Å². The van der Waals surface area contributed by atoms with E-state index in [0.717, 1.165) is 13.2 Å². The summed E-state index contributed by atoms with van der Waals surface area (Å²) in [7, 11) is 0. The Labute approximate surface area is 351 Å². The van der Waals surface area contributed by atoms with E-state index in [4.69, 9.17) is 4.74 Å². The lowest BCUT2D eigenvalue weighted by Crippen LogP contribution is -1.97. The second-order valence-electron chi connectivity index (χ2n) is 18.6. The molecule has 0 aromatic rings. The Hall–Kier alpha value is -0.0400. The highest BCUT2D eigenvalue weighted by Crippen LogP contribution is 2.18. The van der Waals surface area contributed by atoms with E-state index in [2.05, 4.69) is 13.8 Å². The highest BCUT2D eigenvalue weighted by atomic mass is 16.5. The summed E-state index contributed by atoms with van der Waals surface area (Å²) in [6.45, 7) is 6.62. The summed E-state index contributed by atoms with van der Waals surface area (Å²) < 4.78 is 5.94. The molecule has 0 saturated carbocycles. The van der Waals surface area contributed by atoms with Crippen LogP contribution in [0.15, 0.2) is 0 Å². The molecule has 0 N–H and O–H groups in total. The quantitative estimate of drug-likeness (QED) is 0.0559. The van der Waals surface area contributed by atoms with Crippen LogP contribution >= 0.6 is 0 Å². The van der Waals surface area contributed by atoms with Gasteiger partial charge in [0.15, 0.2) is 0 Å². The molecular formula is C54H110O. The zero-order valence-corrected chi connectivity index (χ0v) is 39.2. The minimum atomic E-state index is 0.999. The fraction of sp³-hybridized carbons (Fsp3) is 1.00. The Bertz CT molecular complexity index is 562. The maximum atomic E-state index is 5.94. The molecule has 0 amide bonds. The Kier molecular flexibility index (Phi) is 53.9. The summed E-state index contributed by atoms with van der Waals surface area (Å²) in [5.74, 6) is 0. The number of ether oxygens (including phenoxy) is 1. The molecule has 0 atom stereocenters. The van der Waals surface area contributed by atoms with Gasteiger partial charge in [-0.3, -0.25) is 0 Å². The number of rotatable bonds is 52. The molecular weight excluding hydrogens is 665 g/mol. The molecule has 0 saturated heterocycles. The molecule has 332 valence electrons. The lowest BCUT2D eigenvalue weighted by atomic mass is 10.0. The van der Waals surface area contributed by atoms with Gasteiger partial charge >= 0.3 is 0 Å². The van der Waals surface area contributed by atoms with Crippen molar-refractivity contribution >= 4 is 0 Å². The van der Waals surface area contributed by atoms with Gasteiger partial charge in [-0.05, 0) is 12.8 Å². The predicted octanol–water partition coefficient (Wildman–Crippen LogP) is 20.5. The van der Waals surface area contributed by atoms with E-state index in [9.17, 15) is 0 Å². The van der Waals surface area contributed by atoms with Gasteiger partial charge in [-0.25, -0.2) is 0 Å². The van der Waals surface area contributed by atoms with Crippen molar-refractivity contribution in [3.63, 3.8) is 0 Å². The summed E-state index contributed by atoms with van der Waals surface area (Å²) in [6, 6.07) is 0. The van der Waals surface area contributed by atoms with Crippen molar-refractivity contribution in [2.75, 3.05) is 13.2 Å². The maximum Gasteiger partial charge on any atom is 0.0466 e. The minimum Gasteiger partial charge on any atom is -0.381 e. The molecule has 0 spiro atoms. The number of unbranched alkanes of at least 4 members (excludes halogenated alkanes) is 48. The van der Waals surface area contributed by atoms with Crippen LogP contribution in [0.5, 0.6) is 0 Å². The third-order valence-electron chi connectivity index (χ3n) is 12.8. The lowest BCUT2D eigenvalue weighted by molar-refractivity contribution is 0.125. The lowest BCUT2D eigenvalue weighted by Gasteiger charge is -2.06. The van der Waals surface area contributed by atoms with Gasteiger partial charge in [0.25, 0.3) is 0 Å². The third-order valence-corrected chi connectivity index (χ3v) is 12.8. The van der Waals surface area contributed by atoms with Gasteiger partial charge in [-0.1, -0.05) is 322 Å². The summed E-state index contributed by atoms with van der Waals surface area (Å²) in [6.07, 6.45) is 72.9. The van der Waals surface area contributed by atoms with E-state index in [1.54, 1.807) is 0 Å². The molecule has 0 bridgehead atoms. The first-order chi connectivity index (χ1) is 27.4. The van der Waals surface area contributed by atoms with Crippen molar-refractivity contribution in [1.29, 1.82) is 0 Å². The van der Waals surface area contributed by atoms with Crippen LogP contribution in [0.4, 0.5) is 0 Å². The summed E-state index contributed by atoms with van der Waals surface area (Å²) in [4.78, 5) is 0. The molecule has 0 aromatic carbocycles. The van der Waals surface area contributed by atoms with Crippen LogP contribution in [0.1, 0.15) is 335 Å². The molecule has 0 heterocycles. The third kappa shape index (κ3) is 54.0. The van der Waals surface area contributed by atoms with E-state index in [1.807, 2.05) is 0 Å². The first kappa shape index (κ1) is 55.0. The highest BCUT2D eigenvalue weighted by molar-refractivity contribution is 4.54. The molecule has 0 aromatic heterocycles. The molecule has 1 heteroatoms. The predicted molar refractivity (Wildman–Crippen MR) is 253 cm³/mol. The van der Waals surface area contributed by atoms with E-state index < -0.39 is 0 Å². The largest absolute Gasteiger partial charge is 0.381 e. The van der Waals surface area contributed by atoms with Crippen LogP contribution in [0.3, 0.4) is 0 Å². The first-order valence-corrected chi connectivity index (χ1v) is 27.0. The van der Waals surface area contributed by atoms with Crippen LogP contribution in [-0.2, 0) is 4.74 Å². The van der Waals surface area contributed by atoms with Gasteiger partial charge in [-0.15, -0.1) is 0 Å². The summed E-state index contributed by atoms with van der Waals surface area (Å²) >= 11 is 0. The Morgan fingerprint density at radius 3 is 0.382 bits per heavy atom. The topological polar surface area (TPSA) is 9.23 Å². The van der Waals surface area contributed by atoms with Crippen LogP contribution in [0.25, 0.3) is 0 Å². The zero-order chi connectivity index (χ0) is 39.5. The molecule has 1 nitrogen and oxygen atoms in total. The normalized spacial score (nSPS) is 11.7. The highest BCUT2D eigenvalue weighted by Gasteiger charge is 1.99. The molecule has 0 radical (unpaired) electrons. The van der Waals surface area contributed by atoms with Crippen molar-refractivity contribution < 1.29 is 4.74 Å². The second-order valence-corrected chi connectivity index (χ2v) is 18.6. The van der Waals surface area contributed by atoms with E-state index in [-0.39, 0.29) is 0 Å². The smallest absolute Gasteiger partial charge is 0.0466 e. The molecule has 0 aliphatic rings. The van der Waals surface area contributed by atoms with Crippen molar-refractivity contribution in [2.24, 2.45) is 0 Å². The van der Waals surface area contributed by atoms with E-state index in [0.29, 0.717) is 0 Å². The molecule has 0 fully saturated rings. The maximum absolute atomic E-state index is 5.94. The van der Waals surface area contributed by atoms with Crippen LogP contribution < -0.4 is 0 Å². The van der Waals surface area contributed by atoms with E-state index in [1.165, 1.54) is 321 Å². The Morgan fingerprint density at radius 1 is 0.145 bits per heavy atom. The average Bonchev–Trinajstić information content (AvgIpc) is 3.20. The molecule has 0 aliphatic carbocycles. The standard InChI is InChI=1S/C54H110O/c1-3-5-7-9-11-13-15-17-19-21-23-25-27-29-30-32-34-36-38-40-42-44-46-48-50-52-54-55-53-51-49-47-45-43-41-39-37-35-33-31-28-26-24-22-20-18-16-14-12-10-8-6-4-2/h3-54H2,1-2H3. The fourth-order valence-corrected chi connectivity index (χ4v) is 8.79. The molecule has 0 rings (SSSR count). The zero-order valence-electron chi connectivity index (χ0n) is 39.2. The first-order valence-electron chi connectivity index (χ1n) is 27.0. The monoisotopic (exact) mass is 775 g/mol. The number of hydrogen-bond donors (Lipinski definition) is 0. The van der Waals surface area contributed by atoms with Gasteiger partial charge in [0.05, 0.1) is 0 Å². The van der Waals surface area contributed by atoms with Gasteiger partial charge < -0.3 is 4.74 Å². The van der Waals surface area contributed by atoms with Gasteiger partial charge in [0.1, 0.15) is 0 Å². The van der Waals surface area contributed by atoms with Crippen molar-refractivity contribution in [3.05, 3.63) is 0 Å². The molecule has 55 heavy (non-hydrogen) atoms. The van der Waals surface area contributed by atoms with Crippen molar-refractivity contribution in [2.45, 2.75) is 335 Å². The van der Waals surface area contributed by atoms with Crippen LogP contribution in [0, 0.1) is 0 Å². The number of hydrogen-bond acceptors (Lipinski definition) is 1. The Balaban J connectivity index is 3.05. The van der Waals surface area contributed by atoms with Crippen molar-refractivity contribution in [1.82, 2.24) is 0 Å². The summed E-state index contributed by atoms with van der Waals surface area (Å²) in [5, 5.41) is 0. The Morgan fingerprint density at radius 2 is 0.255 bits per heavy atom. The molecule has 0 aliphatic heterocycles.